The van der Waals surface area contributed by atoms with Gasteiger partial charge in [-0.25, -0.2) is 12.8 Å². The molecule has 0 spiro atoms. The first kappa shape index (κ1) is 15.9. The molecule has 0 atom stereocenters. The lowest BCUT2D eigenvalue weighted by molar-refractivity contribution is 0.422. The van der Waals surface area contributed by atoms with E-state index in [0.29, 0.717) is 10.6 Å². The van der Waals surface area contributed by atoms with Crippen LogP contribution in [0.2, 0.25) is 5.02 Å². The molecule has 6 heteroatoms. The first-order valence-corrected chi connectivity index (χ1v) is 8.25. The largest absolute Gasteiger partial charge is 0.243 e. The molecular weight excluding hydrogens is 313 g/mol. The van der Waals surface area contributed by atoms with Crippen molar-refractivity contribution in [3.05, 3.63) is 64.9 Å². The molecule has 0 amide bonds. The molecule has 0 bridgehead atoms. The highest BCUT2D eigenvalue weighted by atomic mass is 35.5. The smallest absolute Gasteiger partial charge is 0.207 e. The molecule has 112 valence electrons. The number of halogens is 2. The maximum Gasteiger partial charge on any atom is 0.243 e. The van der Waals surface area contributed by atoms with Crippen LogP contribution in [0.5, 0.6) is 0 Å². The minimum atomic E-state index is -3.66. The van der Waals surface area contributed by atoms with Gasteiger partial charge in [0, 0.05) is 18.1 Å². The van der Waals surface area contributed by atoms with Gasteiger partial charge in [-0.2, -0.15) is 4.31 Å². The highest BCUT2D eigenvalue weighted by Crippen LogP contribution is 2.21. The standard InChI is InChI=1S/C15H15ClFNO2S/c1-2-18(11-12-5-3-7-14(17)9-12)21(19,20)15-8-4-6-13(16)10-15/h3-10H,2,11H2,1H3. The van der Waals surface area contributed by atoms with E-state index in [9.17, 15) is 12.8 Å². The van der Waals surface area contributed by atoms with Crippen molar-refractivity contribution < 1.29 is 12.8 Å². The van der Waals surface area contributed by atoms with Crippen LogP contribution in [-0.2, 0) is 16.6 Å². The van der Waals surface area contributed by atoms with Crippen molar-refractivity contribution in [2.45, 2.75) is 18.4 Å². The molecule has 0 aromatic heterocycles. The molecule has 2 aromatic carbocycles. The fraction of sp³-hybridized carbons (Fsp3) is 0.200. The van der Waals surface area contributed by atoms with E-state index >= 15 is 0 Å². The third-order valence-corrected chi connectivity index (χ3v) is 5.19. The molecule has 0 aliphatic rings. The zero-order valence-corrected chi connectivity index (χ0v) is 13.0. The van der Waals surface area contributed by atoms with Gasteiger partial charge in [-0.05, 0) is 35.9 Å². The molecule has 0 saturated carbocycles. The minimum Gasteiger partial charge on any atom is -0.207 e. The number of hydrogen-bond donors (Lipinski definition) is 0. The Bertz CT molecular complexity index is 734. The molecule has 0 N–H and O–H groups in total. The lowest BCUT2D eigenvalue weighted by atomic mass is 10.2. The average molecular weight is 328 g/mol. The van der Waals surface area contributed by atoms with Crippen LogP contribution in [0.3, 0.4) is 0 Å². The Morgan fingerprint density at radius 1 is 1.14 bits per heavy atom. The van der Waals surface area contributed by atoms with Crippen LogP contribution < -0.4 is 0 Å². The molecule has 3 nitrogen and oxygen atoms in total. The number of nitrogens with zero attached hydrogens (tertiary/aromatic N) is 1. The number of sulfonamides is 1. The summed E-state index contributed by atoms with van der Waals surface area (Å²) in [6, 6.07) is 12.0. The van der Waals surface area contributed by atoms with Gasteiger partial charge < -0.3 is 0 Å². The van der Waals surface area contributed by atoms with Gasteiger partial charge in [0.25, 0.3) is 0 Å². The summed E-state index contributed by atoms with van der Waals surface area (Å²) in [4.78, 5) is 0.133. The summed E-state index contributed by atoms with van der Waals surface area (Å²) in [6.07, 6.45) is 0. The lowest BCUT2D eigenvalue weighted by Crippen LogP contribution is -2.30. The van der Waals surface area contributed by atoms with E-state index < -0.39 is 10.0 Å². The summed E-state index contributed by atoms with van der Waals surface area (Å²) < 4.78 is 39.7. The zero-order valence-electron chi connectivity index (χ0n) is 11.5. The summed E-state index contributed by atoms with van der Waals surface area (Å²) in [5, 5.41) is 0.359. The summed E-state index contributed by atoms with van der Waals surface area (Å²) in [5.41, 5.74) is 0.599. The van der Waals surface area contributed by atoms with Crippen molar-refractivity contribution in [1.29, 1.82) is 0 Å². The molecule has 0 unspecified atom stereocenters. The van der Waals surface area contributed by atoms with Crippen LogP contribution in [0.25, 0.3) is 0 Å². The SMILES string of the molecule is CCN(Cc1cccc(F)c1)S(=O)(=O)c1cccc(Cl)c1. The summed E-state index contributed by atoms with van der Waals surface area (Å²) in [5.74, 6) is -0.385. The Morgan fingerprint density at radius 2 is 1.86 bits per heavy atom. The average Bonchev–Trinajstić information content (AvgIpc) is 2.44. The Balaban J connectivity index is 2.32. The van der Waals surface area contributed by atoms with Crippen molar-refractivity contribution >= 4 is 21.6 Å². The molecule has 2 aromatic rings. The second-order valence-corrected chi connectivity index (χ2v) is 6.89. The zero-order chi connectivity index (χ0) is 15.5. The van der Waals surface area contributed by atoms with Gasteiger partial charge in [0.2, 0.25) is 10.0 Å². The van der Waals surface area contributed by atoms with Crippen molar-refractivity contribution in [2.24, 2.45) is 0 Å². The second kappa shape index (κ2) is 6.56. The molecule has 21 heavy (non-hydrogen) atoms. The third-order valence-electron chi connectivity index (χ3n) is 3.03. The molecule has 2 rings (SSSR count). The highest BCUT2D eigenvalue weighted by molar-refractivity contribution is 7.89. The van der Waals surface area contributed by atoms with Gasteiger partial charge in [0.05, 0.1) is 4.90 Å². The van der Waals surface area contributed by atoms with Gasteiger partial charge in [-0.3, -0.25) is 0 Å². The first-order valence-electron chi connectivity index (χ1n) is 6.43. The van der Waals surface area contributed by atoms with Crippen molar-refractivity contribution in [3.8, 4) is 0 Å². The minimum absolute atomic E-state index is 0.114. The predicted molar refractivity (Wildman–Crippen MR) is 81.1 cm³/mol. The van der Waals surface area contributed by atoms with Gasteiger partial charge in [-0.1, -0.05) is 36.7 Å². The second-order valence-electron chi connectivity index (χ2n) is 4.52. The maximum atomic E-state index is 13.2. The number of hydrogen-bond acceptors (Lipinski definition) is 2. The molecule has 0 heterocycles. The van der Waals surface area contributed by atoms with Crippen LogP contribution in [0.15, 0.2) is 53.4 Å². The van der Waals surface area contributed by atoms with E-state index in [1.165, 1.54) is 28.6 Å². The summed E-state index contributed by atoms with van der Waals surface area (Å²) in [6.45, 7) is 2.13. The lowest BCUT2D eigenvalue weighted by Gasteiger charge is -2.20. The van der Waals surface area contributed by atoms with Gasteiger partial charge in [-0.15, -0.1) is 0 Å². The Labute approximate surface area is 129 Å². The molecule has 0 radical (unpaired) electrons. The fourth-order valence-corrected chi connectivity index (χ4v) is 3.72. The molecule has 0 saturated heterocycles. The van der Waals surface area contributed by atoms with Gasteiger partial charge in [0.1, 0.15) is 5.82 Å². The monoisotopic (exact) mass is 327 g/mol. The van der Waals surface area contributed by atoms with Crippen LogP contribution in [-0.4, -0.2) is 19.3 Å². The normalized spacial score (nSPS) is 11.8. The maximum absolute atomic E-state index is 13.2. The van der Waals surface area contributed by atoms with Crippen LogP contribution >= 0.6 is 11.6 Å². The van der Waals surface area contributed by atoms with Gasteiger partial charge >= 0.3 is 0 Å². The van der Waals surface area contributed by atoms with Crippen molar-refractivity contribution in [2.75, 3.05) is 6.54 Å². The summed E-state index contributed by atoms with van der Waals surface area (Å²) >= 11 is 5.85. The Kier molecular flexibility index (Phi) is 4.98. The molecule has 0 aliphatic heterocycles. The Morgan fingerprint density at radius 3 is 2.48 bits per heavy atom. The van der Waals surface area contributed by atoms with Gasteiger partial charge in [0.15, 0.2) is 0 Å². The highest BCUT2D eigenvalue weighted by Gasteiger charge is 2.23. The predicted octanol–water partition coefficient (Wildman–Crippen LogP) is 3.69. The number of rotatable bonds is 5. The van der Waals surface area contributed by atoms with E-state index in [1.807, 2.05) is 0 Å². The topological polar surface area (TPSA) is 37.4 Å². The Hall–Kier alpha value is -1.43. The molecule has 0 fully saturated rings. The van der Waals surface area contributed by atoms with Crippen molar-refractivity contribution in [3.63, 3.8) is 0 Å². The molecule has 0 aliphatic carbocycles. The fourth-order valence-electron chi connectivity index (χ4n) is 1.98. The van der Waals surface area contributed by atoms with E-state index in [4.69, 9.17) is 11.6 Å². The quantitative estimate of drug-likeness (QED) is 0.840. The van der Waals surface area contributed by atoms with E-state index in [-0.39, 0.29) is 23.8 Å². The summed E-state index contributed by atoms with van der Waals surface area (Å²) in [7, 11) is -3.66. The van der Waals surface area contributed by atoms with Crippen LogP contribution in [0, 0.1) is 5.82 Å². The van der Waals surface area contributed by atoms with Crippen LogP contribution in [0.4, 0.5) is 4.39 Å². The third kappa shape index (κ3) is 3.81. The van der Waals surface area contributed by atoms with E-state index in [0.717, 1.165) is 0 Å². The van der Waals surface area contributed by atoms with E-state index in [2.05, 4.69) is 0 Å². The van der Waals surface area contributed by atoms with E-state index in [1.54, 1.807) is 31.2 Å². The number of benzene rings is 2. The van der Waals surface area contributed by atoms with Crippen molar-refractivity contribution in [1.82, 2.24) is 4.31 Å². The van der Waals surface area contributed by atoms with Crippen LogP contribution in [0.1, 0.15) is 12.5 Å². The molecular formula is C15H15ClFNO2S. The first-order chi connectivity index (χ1) is 9.93.